The topological polar surface area (TPSA) is 101 Å². The lowest BCUT2D eigenvalue weighted by atomic mass is 9.86. The van der Waals surface area contributed by atoms with Gasteiger partial charge in [-0.2, -0.15) is 0 Å². The number of rotatable bonds is 7. The van der Waals surface area contributed by atoms with Crippen molar-refractivity contribution in [3.8, 4) is 0 Å². The van der Waals surface area contributed by atoms with Gasteiger partial charge in [0.05, 0.1) is 12.5 Å². The number of fused-ring (bicyclic) bond motifs is 2. The van der Waals surface area contributed by atoms with E-state index in [4.69, 9.17) is 23.7 Å². The molecule has 2 fully saturated rings. The van der Waals surface area contributed by atoms with Gasteiger partial charge in [-0.15, -0.1) is 0 Å². The van der Waals surface area contributed by atoms with Gasteiger partial charge in [-0.3, -0.25) is 14.4 Å². The van der Waals surface area contributed by atoms with Crippen molar-refractivity contribution in [3.63, 3.8) is 0 Å². The third kappa shape index (κ3) is 4.74. The van der Waals surface area contributed by atoms with Crippen molar-refractivity contribution in [1.29, 1.82) is 0 Å². The molecule has 0 aromatic rings. The molecule has 1 saturated heterocycles. The second-order valence-corrected chi connectivity index (χ2v) is 8.89. The van der Waals surface area contributed by atoms with Crippen molar-refractivity contribution in [2.45, 2.75) is 71.9 Å². The van der Waals surface area contributed by atoms with E-state index in [2.05, 4.69) is 0 Å². The van der Waals surface area contributed by atoms with Crippen LogP contribution in [0, 0.1) is 23.7 Å². The van der Waals surface area contributed by atoms with Crippen LogP contribution < -0.4 is 0 Å². The van der Waals surface area contributed by atoms with E-state index in [0.717, 1.165) is 0 Å². The number of epoxide rings is 1. The van der Waals surface area contributed by atoms with Gasteiger partial charge in [0.15, 0.2) is 0 Å². The fourth-order valence-corrected chi connectivity index (χ4v) is 4.18. The van der Waals surface area contributed by atoms with Gasteiger partial charge in [0.2, 0.25) is 6.29 Å². The summed E-state index contributed by atoms with van der Waals surface area (Å²) >= 11 is 0. The predicted molar refractivity (Wildman–Crippen MR) is 99.9 cm³/mol. The Balaban J connectivity index is 1.82. The maximum absolute atomic E-state index is 12.2. The van der Waals surface area contributed by atoms with Crippen molar-refractivity contribution in [2.75, 3.05) is 6.61 Å². The zero-order valence-electron chi connectivity index (χ0n) is 17.6. The minimum absolute atomic E-state index is 0.147. The zero-order chi connectivity index (χ0) is 21.3. The van der Waals surface area contributed by atoms with Crippen LogP contribution >= 0.6 is 0 Å². The van der Waals surface area contributed by atoms with Crippen LogP contribution in [0.2, 0.25) is 0 Å². The molecule has 1 saturated carbocycles. The third-order valence-corrected chi connectivity index (χ3v) is 5.40. The fourth-order valence-electron chi connectivity index (χ4n) is 4.18. The molecule has 1 spiro atoms. The third-order valence-electron chi connectivity index (χ3n) is 5.40. The molecule has 0 aromatic heterocycles. The Kier molecular flexibility index (Phi) is 6.22. The van der Waals surface area contributed by atoms with Crippen LogP contribution in [-0.4, -0.2) is 42.5 Å². The van der Waals surface area contributed by atoms with Gasteiger partial charge < -0.3 is 23.7 Å². The van der Waals surface area contributed by atoms with E-state index in [9.17, 15) is 14.4 Å². The first kappa shape index (κ1) is 21.6. The Morgan fingerprint density at radius 2 is 1.72 bits per heavy atom. The van der Waals surface area contributed by atoms with Gasteiger partial charge in [-0.25, -0.2) is 0 Å². The number of carbonyl (C=O) groups excluding carboxylic acids is 3. The Morgan fingerprint density at radius 3 is 2.28 bits per heavy atom. The van der Waals surface area contributed by atoms with Gasteiger partial charge in [0.25, 0.3) is 0 Å². The molecule has 2 aliphatic heterocycles. The summed E-state index contributed by atoms with van der Waals surface area (Å²) in [5, 5.41) is 0. The molecule has 0 radical (unpaired) electrons. The van der Waals surface area contributed by atoms with E-state index in [0.29, 0.717) is 18.8 Å². The number of esters is 3. The smallest absolute Gasteiger partial charge is 0.311 e. The SMILES string of the molecule is CC(=O)OC1CC2C(OC(=O)CC(C)C)=COC(OC(=O)CC(C)C)C2C12CO2. The molecule has 3 aliphatic rings. The number of ether oxygens (including phenoxy) is 5. The Hall–Kier alpha value is -2.09. The average Bonchev–Trinajstić information content (AvgIpc) is 3.29. The molecule has 2 heterocycles. The molecular weight excluding hydrogens is 380 g/mol. The van der Waals surface area contributed by atoms with Gasteiger partial charge in [-0.1, -0.05) is 27.7 Å². The molecule has 162 valence electrons. The average molecular weight is 410 g/mol. The van der Waals surface area contributed by atoms with Crippen LogP contribution in [0.25, 0.3) is 0 Å². The number of allylic oxidation sites excluding steroid dienone is 1. The molecule has 8 nitrogen and oxygen atoms in total. The minimum atomic E-state index is -0.887. The highest BCUT2D eigenvalue weighted by Gasteiger charge is 2.71. The molecule has 0 N–H and O–H groups in total. The molecule has 1 aliphatic carbocycles. The molecule has 5 atom stereocenters. The maximum atomic E-state index is 12.2. The normalized spacial score (nSPS) is 32.4. The van der Waals surface area contributed by atoms with Crippen LogP contribution in [0.1, 0.15) is 53.9 Å². The lowest BCUT2D eigenvalue weighted by Gasteiger charge is -2.34. The summed E-state index contributed by atoms with van der Waals surface area (Å²) in [7, 11) is 0. The van der Waals surface area contributed by atoms with E-state index in [1.165, 1.54) is 13.2 Å². The molecule has 0 bridgehead atoms. The van der Waals surface area contributed by atoms with E-state index >= 15 is 0 Å². The molecular formula is C21H30O8. The summed E-state index contributed by atoms with van der Waals surface area (Å²) < 4.78 is 28.1. The van der Waals surface area contributed by atoms with Crippen LogP contribution in [0.15, 0.2) is 12.0 Å². The van der Waals surface area contributed by atoms with Crippen LogP contribution in [-0.2, 0) is 38.1 Å². The van der Waals surface area contributed by atoms with Crippen LogP contribution in [0.3, 0.4) is 0 Å². The molecule has 8 heteroatoms. The van der Waals surface area contributed by atoms with Crippen molar-refractivity contribution in [3.05, 3.63) is 12.0 Å². The van der Waals surface area contributed by atoms with Crippen LogP contribution in [0.5, 0.6) is 0 Å². The van der Waals surface area contributed by atoms with E-state index in [1.807, 2.05) is 27.7 Å². The highest BCUT2D eigenvalue weighted by Crippen LogP contribution is 2.58. The number of hydrogen-bond acceptors (Lipinski definition) is 8. The number of hydrogen-bond donors (Lipinski definition) is 0. The fraction of sp³-hybridized carbons (Fsp3) is 0.762. The summed E-state index contributed by atoms with van der Waals surface area (Å²) in [4.78, 5) is 36.0. The van der Waals surface area contributed by atoms with Crippen molar-refractivity contribution in [2.24, 2.45) is 23.7 Å². The largest absolute Gasteiger partial charge is 0.459 e. The molecule has 3 rings (SSSR count). The zero-order valence-corrected chi connectivity index (χ0v) is 17.6. The maximum Gasteiger partial charge on any atom is 0.311 e. The standard InChI is InChI=1S/C21H30O8/c1-11(2)6-17(23)28-15-9-25-20(29-18(24)7-12(3)4)19-14(15)8-16(27-13(5)22)21(19)10-26-21/h9,11-12,14,16,19-20H,6-8,10H2,1-5H3. The summed E-state index contributed by atoms with van der Waals surface area (Å²) in [5.74, 6) is -1.22. The first-order valence-corrected chi connectivity index (χ1v) is 10.2. The predicted octanol–water partition coefficient (Wildman–Crippen LogP) is 2.70. The van der Waals surface area contributed by atoms with Crippen LogP contribution in [0.4, 0.5) is 0 Å². The quantitative estimate of drug-likeness (QED) is 0.359. The Bertz CT molecular complexity index is 691. The lowest BCUT2D eigenvalue weighted by molar-refractivity contribution is -0.195. The highest BCUT2D eigenvalue weighted by molar-refractivity contribution is 5.71. The second-order valence-electron chi connectivity index (χ2n) is 8.89. The first-order chi connectivity index (χ1) is 13.6. The van der Waals surface area contributed by atoms with Crippen molar-refractivity contribution in [1.82, 2.24) is 0 Å². The monoisotopic (exact) mass is 410 g/mol. The lowest BCUT2D eigenvalue weighted by Crippen LogP contribution is -2.45. The Labute approximate surface area is 170 Å². The molecule has 0 aromatic carbocycles. The van der Waals surface area contributed by atoms with Gasteiger partial charge in [-0.05, 0) is 18.3 Å². The van der Waals surface area contributed by atoms with Crippen molar-refractivity contribution >= 4 is 17.9 Å². The summed E-state index contributed by atoms with van der Waals surface area (Å²) in [5.41, 5.74) is -0.789. The highest BCUT2D eigenvalue weighted by atomic mass is 16.7. The summed E-state index contributed by atoms with van der Waals surface area (Å²) in [6, 6.07) is 0. The van der Waals surface area contributed by atoms with Crippen molar-refractivity contribution < 1.29 is 38.1 Å². The minimum Gasteiger partial charge on any atom is -0.459 e. The molecule has 5 unspecified atom stereocenters. The number of carbonyl (C=O) groups is 3. The van der Waals surface area contributed by atoms with E-state index in [-0.39, 0.29) is 42.5 Å². The second kappa shape index (κ2) is 8.34. The summed E-state index contributed by atoms with van der Waals surface area (Å²) in [6.07, 6.45) is 0.887. The van der Waals surface area contributed by atoms with E-state index in [1.54, 1.807) is 0 Å². The van der Waals surface area contributed by atoms with Gasteiger partial charge in [0, 0.05) is 25.7 Å². The molecule has 0 amide bonds. The molecule has 29 heavy (non-hydrogen) atoms. The summed E-state index contributed by atoms with van der Waals surface area (Å²) in [6.45, 7) is 9.42. The first-order valence-electron chi connectivity index (χ1n) is 10.2. The van der Waals surface area contributed by atoms with Gasteiger partial charge >= 0.3 is 17.9 Å². The Morgan fingerprint density at radius 1 is 1.10 bits per heavy atom. The van der Waals surface area contributed by atoms with E-state index < -0.39 is 29.9 Å². The van der Waals surface area contributed by atoms with Gasteiger partial charge in [0.1, 0.15) is 23.7 Å².